The van der Waals surface area contributed by atoms with E-state index in [1.165, 1.54) is 24.4 Å². The molecular weight excluding hydrogens is 444 g/mol. The molecule has 0 aliphatic heterocycles. The third kappa shape index (κ3) is 6.11. The topological polar surface area (TPSA) is 70.6 Å². The van der Waals surface area contributed by atoms with Crippen molar-refractivity contribution in [1.82, 2.24) is 10.7 Å². The molecule has 1 unspecified atom stereocenters. The highest BCUT2D eigenvalue weighted by Crippen LogP contribution is 2.23. The number of hydrogen-bond donors (Lipinski definition) is 2. The van der Waals surface area contributed by atoms with Crippen molar-refractivity contribution in [2.75, 3.05) is 0 Å². The van der Waals surface area contributed by atoms with Crippen LogP contribution in [0.3, 0.4) is 0 Å². The standard InChI is InChI=1S/C19H17Cl4N3O2/c1-10(2)17(25-18(27)11-4-6-14(21)16(23)7-11)19(28)26-24-9-12-3-5-13(20)8-15(12)22/h3-10,17H,1-2H3,(H,25,27)(H,26,28)/b24-9+. The smallest absolute Gasteiger partial charge is 0.262 e. The van der Waals surface area contributed by atoms with Gasteiger partial charge in [0.15, 0.2) is 0 Å². The maximum Gasteiger partial charge on any atom is 0.262 e. The molecule has 0 aliphatic rings. The molecule has 2 rings (SSSR count). The number of halogens is 4. The summed E-state index contributed by atoms with van der Waals surface area (Å²) in [5.74, 6) is -1.09. The zero-order chi connectivity index (χ0) is 20.8. The van der Waals surface area contributed by atoms with Crippen molar-refractivity contribution in [1.29, 1.82) is 0 Å². The van der Waals surface area contributed by atoms with Crippen molar-refractivity contribution in [2.24, 2.45) is 11.0 Å². The summed E-state index contributed by atoms with van der Waals surface area (Å²) in [7, 11) is 0. The minimum absolute atomic E-state index is 0.180. The highest BCUT2D eigenvalue weighted by Gasteiger charge is 2.24. The Labute approximate surface area is 183 Å². The fourth-order valence-electron chi connectivity index (χ4n) is 2.24. The molecule has 2 amide bonds. The number of amides is 2. The van der Waals surface area contributed by atoms with Crippen molar-refractivity contribution in [3.05, 3.63) is 67.6 Å². The molecule has 0 aromatic heterocycles. The van der Waals surface area contributed by atoms with Crippen molar-refractivity contribution in [2.45, 2.75) is 19.9 Å². The van der Waals surface area contributed by atoms with Crippen LogP contribution >= 0.6 is 46.4 Å². The van der Waals surface area contributed by atoms with Gasteiger partial charge in [0.2, 0.25) is 0 Å². The summed E-state index contributed by atoms with van der Waals surface area (Å²) < 4.78 is 0. The van der Waals surface area contributed by atoms with Gasteiger partial charge in [0.1, 0.15) is 6.04 Å². The average Bonchev–Trinajstić information content (AvgIpc) is 2.63. The van der Waals surface area contributed by atoms with Gasteiger partial charge in [0.25, 0.3) is 11.8 Å². The van der Waals surface area contributed by atoms with Gasteiger partial charge in [-0.25, -0.2) is 5.43 Å². The molecule has 2 aromatic carbocycles. The van der Waals surface area contributed by atoms with E-state index in [9.17, 15) is 9.59 Å². The summed E-state index contributed by atoms with van der Waals surface area (Å²) in [6.45, 7) is 3.61. The number of nitrogens with one attached hydrogen (secondary N) is 2. The predicted molar refractivity (Wildman–Crippen MR) is 115 cm³/mol. The number of nitrogens with zero attached hydrogens (tertiary/aromatic N) is 1. The molecule has 0 fully saturated rings. The quantitative estimate of drug-likeness (QED) is 0.459. The van der Waals surface area contributed by atoms with Crippen LogP contribution in [-0.2, 0) is 4.79 Å². The van der Waals surface area contributed by atoms with E-state index in [4.69, 9.17) is 46.4 Å². The predicted octanol–water partition coefficient (Wildman–Crippen LogP) is 5.20. The first-order chi connectivity index (χ1) is 13.2. The van der Waals surface area contributed by atoms with Crippen LogP contribution in [0.4, 0.5) is 0 Å². The fourth-order valence-corrected chi connectivity index (χ4v) is 2.99. The third-order valence-electron chi connectivity index (χ3n) is 3.76. The molecule has 0 spiro atoms. The maximum atomic E-state index is 12.5. The second-order valence-corrected chi connectivity index (χ2v) is 7.88. The molecule has 1 atom stereocenters. The summed E-state index contributed by atoms with van der Waals surface area (Å²) in [6, 6.07) is 8.58. The molecule has 0 bridgehead atoms. The van der Waals surface area contributed by atoms with E-state index in [2.05, 4.69) is 15.8 Å². The highest BCUT2D eigenvalue weighted by atomic mass is 35.5. The number of hydrazone groups is 1. The Balaban J connectivity index is 2.05. The average molecular weight is 461 g/mol. The number of benzene rings is 2. The lowest BCUT2D eigenvalue weighted by Crippen LogP contribution is -2.48. The van der Waals surface area contributed by atoms with Crippen molar-refractivity contribution >= 4 is 64.4 Å². The van der Waals surface area contributed by atoms with Crippen LogP contribution in [0.1, 0.15) is 29.8 Å². The Morgan fingerprint density at radius 2 is 1.68 bits per heavy atom. The Morgan fingerprint density at radius 1 is 0.964 bits per heavy atom. The summed E-state index contributed by atoms with van der Waals surface area (Å²) in [5.41, 5.74) is 3.29. The third-order valence-corrected chi connectivity index (χ3v) is 5.06. The monoisotopic (exact) mass is 459 g/mol. The van der Waals surface area contributed by atoms with Crippen LogP contribution in [0.25, 0.3) is 0 Å². The van der Waals surface area contributed by atoms with Crippen molar-refractivity contribution < 1.29 is 9.59 Å². The molecule has 0 heterocycles. The van der Waals surface area contributed by atoms with E-state index in [-0.39, 0.29) is 10.9 Å². The minimum Gasteiger partial charge on any atom is -0.340 e. The van der Waals surface area contributed by atoms with E-state index in [1.54, 1.807) is 32.0 Å². The van der Waals surface area contributed by atoms with Crippen LogP contribution in [0.15, 0.2) is 41.5 Å². The van der Waals surface area contributed by atoms with Crippen LogP contribution in [0, 0.1) is 5.92 Å². The molecular formula is C19H17Cl4N3O2. The van der Waals surface area contributed by atoms with Crippen LogP contribution in [0.5, 0.6) is 0 Å². The molecule has 2 aromatic rings. The maximum absolute atomic E-state index is 12.5. The molecule has 148 valence electrons. The Kier molecular flexibility index (Phi) is 8.13. The SMILES string of the molecule is CC(C)C(NC(=O)c1ccc(Cl)c(Cl)c1)C(=O)N/N=C/c1ccc(Cl)cc1Cl. The molecule has 5 nitrogen and oxygen atoms in total. The van der Waals surface area contributed by atoms with Gasteiger partial charge in [-0.3, -0.25) is 9.59 Å². The van der Waals surface area contributed by atoms with Gasteiger partial charge in [-0.15, -0.1) is 0 Å². The molecule has 2 N–H and O–H groups in total. The summed E-state index contributed by atoms with van der Waals surface area (Å²) >= 11 is 23.7. The summed E-state index contributed by atoms with van der Waals surface area (Å²) in [5, 5.41) is 8.07. The molecule has 0 saturated carbocycles. The first-order valence-corrected chi connectivity index (χ1v) is 9.74. The van der Waals surface area contributed by atoms with Crippen LogP contribution < -0.4 is 10.7 Å². The van der Waals surface area contributed by atoms with Gasteiger partial charge in [0, 0.05) is 16.1 Å². The molecule has 0 aliphatic carbocycles. The van der Waals surface area contributed by atoms with Gasteiger partial charge < -0.3 is 5.32 Å². The van der Waals surface area contributed by atoms with Crippen LogP contribution in [-0.4, -0.2) is 24.1 Å². The van der Waals surface area contributed by atoms with Crippen LogP contribution in [0.2, 0.25) is 20.1 Å². The first-order valence-electron chi connectivity index (χ1n) is 8.23. The van der Waals surface area contributed by atoms with E-state index < -0.39 is 17.9 Å². The van der Waals surface area contributed by atoms with Gasteiger partial charge in [0.05, 0.1) is 21.3 Å². The first kappa shape index (κ1) is 22.5. The number of rotatable bonds is 6. The Morgan fingerprint density at radius 3 is 2.29 bits per heavy atom. The number of carbonyl (C=O) groups is 2. The van der Waals surface area contributed by atoms with Gasteiger partial charge in [-0.1, -0.05) is 66.3 Å². The number of hydrogen-bond acceptors (Lipinski definition) is 3. The minimum atomic E-state index is -0.806. The van der Waals surface area contributed by atoms with E-state index in [0.29, 0.717) is 26.2 Å². The fraction of sp³-hybridized carbons (Fsp3) is 0.211. The number of carbonyl (C=O) groups excluding carboxylic acids is 2. The lowest BCUT2D eigenvalue weighted by Gasteiger charge is -2.20. The molecule has 9 heteroatoms. The summed E-state index contributed by atoms with van der Waals surface area (Å²) in [6.07, 6.45) is 1.40. The van der Waals surface area contributed by atoms with Gasteiger partial charge >= 0.3 is 0 Å². The summed E-state index contributed by atoms with van der Waals surface area (Å²) in [4.78, 5) is 24.9. The second-order valence-electron chi connectivity index (χ2n) is 6.22. The molecule has 28 heavy (non-hydrogen) atoms. The van der Waals surface area contributed by atoms with E-state index in [0.717, 1.165) is 0 Å². The second kappa shape index (κ2) is 10.1. The highest BCUT2D eigenvalue weighted by molar-refractivity contribution is 6.42. The zero-order valence-electron chi connectivity index (χ0n) is 15.0. The van der Waals surface area contributed by atoms with Crippen molar-refractivity contribution in [3.63, 3.8) is 0 Å². The van der Waals surface area contributed by atoms with E-state index >= 15 is 0 Å². The van der Waals surface area contributed by atoms with Gasteiger partial charge in [-0.2, -0.15) is 5.10 Å². The lowest BCUT2D eigenvalue weighted by molar-refractivity contribution is -0.123. The zero-order valence-corrected chi connectivity index (χ0v) is 18.0. The Bertz CT molecular complexity index is 916. The van der Waals surface area contributed by atoms with E-state index in [1.807, 2.05) is 0 Å². The van der Waals surface area contributed by atoms with Crippen molar-refractivity contribution in [3.8, 4) is 0 Å². The lowest BCUT2D eigenvalue weighted by atomic mass is 10.0. The van der Waals surface area contributed by atoms with Gasteiger partial charge in [-0.05, 0) is 36.2 Å². The molecule has 0 radical (unpaired) electrons. The largest absolute Gasteiger partial charge is 0.340 e. The normalized spacial score (nSPS) is 12.2. The molecule has 0 saturated heterocycles. The Hall–Kier alpha value is -1.79.